The van der Waals surface area contributed by atoms with Gasteiger partial charge in [0.05, 0.1) is 35.4 Å². The lowest BCUT2D eigenvalue weighted by molar-refractivity contribution is -0.141. The first-order valence-electron chi connectivity index (χ1n) is 15.4. The number of nitrogens with one attached hydrogen (secondary N) is 1. The van der Waals surface area contributed by atoms with E-state index in [1.54, 1.807) is 42.5 Å². The number of carbonyl (C=O) groups excluding carboxylic acids is 2. The number of alkyl halides is 3. The van der Waals surface area contributed by atoms with Gasteiger partial charge in [-0.2, -0.15) is 18.3 Å². The smallest absolute Gasteiger partial charge is 0.435 e. The van der Waals surface area contributed by atoms with E-state index in [0.717, 1.165) is 23.8 Å². The third kappa shape index (κ3) is 6.29. The van der Waals surface area contributed by atoms with Crippen molar-refractivity contribution in [2.24, 2.45) is 0 Å². The second-order valence-corrected chi connectivity index (χ2v) is 13.9. The number of nitrogens with zero attached hydrogens (tertiary/aromatic N) is 3. The molecule has 2 amide bonds. The zero-order valence-corrected chi connectivity index (χ0v) is 26.9. The normalized spacial score (nSPS) is 18.4. The molecule has 1 saturated carbocycles. The van der Waals surface area contributed by atoms with Gasteiger partial charge in [-0.05, 0) is 61.2 Å². The largest absolute Gasteiger partial charge is 0.497 e. The highest BCUT2D eigenvalue weighted by atomic mass is 32.2. The number of aromatic nitrogens is 2. The molecule has 10 nitrogen and oxygen atoms in total. The third-order valence-electron chi connectivity index (χ3n) is 8.78. The molecule has 0 radical (unpaired) electrons. The lowest BCUT2D eigenvalue weighted by Gasteiger charge is -2.29. The molecule has 1 aliphatic carbocycles. The maximum Gasteiger partial charge on any atom is 0.435 e. The first-order chi connectivity index (χ1) is 22.8. The molecule has 2 heterocycles. The molecule has 1 fully saturated rings. The molecule has 2 aliphatic rings. The summed E-state index contributed by atoms with van der Waals surface area (Å²) in [6.45, 7) is -0.0740. The molecular weight excluding hydrogens is 649 g/mol. The van der Waals surface area contributed by atoms with Crippen molar-refractivity contribution < 1.29 is 41.0 Å². The minimum absolute atomic E-state index is 0.0618. The van der Waals surface area contributed by atoms with Crippen molar-refractivity contribution in [2.75, 3.05) is 24.8 Å². The molecule has 2 atom stereocenters. The Hall–Kier alpha value is -4.69. The van der Waals surface area contributed by atoms with E-state index in [-0.39, 0.29) is 46.1 Å². The predicted molar refractivity (Wildman–Crippen MR) is 171 cm³/mol. The average Bonchev–Trinajstić information content (AvgIpc) is 3.47. The zero-order valence-electron chi connectivity index (χ0n) is 26.1. The molecule has 252 valence electrons. The number of rotatable bonds is 7. The van der Waals surface area contributed by atoms with Gasteiger partial charge in [0.25, 0.3) is 11.8 Å². The van der Waals surface area contributed by atoms with Gasteiger partial charge < -0.3 is 20.1 Å². The number of carbonyl (C=O) groups is 2. The molecule has 4 aromatic rings. The minimum atomic E-state index is -4.88. The van der Waals surface area contributed by atoms with Crippen LogP contribution >= 0.6 is 0 Å². The Labute approximate surface area is 275 Å². The molecule has 0 unspecified atom stereocenters. The maximum atomic E-state index is 14.3. The van der Waals surface area contributed by atoms with Crippen LogP contribution in [0.2, 0.25) is 0 Å². The number of anilines is 1. The summed E-state index contributed by atoms with van der Waals surface area (Å²) in [7, 11) is -2.16. The number of halogens is 3. The van der Waals surface area contributed by atoms with Crippen molar-refractivity contribution in [1.82, 2.24) is 15.1 Å². The first-order valence-corrected chi connectivity index (χ1v) is 17.2. The van der Waals surface area contributed by atoms with Gasteiger partial charge in [0.2, 0.25) is 0 Å². The number of aliphatic hydroxyl groups excluding tert-OH is 1. The molecule has 48 heavy (non-hydrogen) atoms. The fourth-order valence-electron chi connectivity index (χ4n) is 6.39. The fraction of sp³-hybridized carbons (Fsp3) is 0.324. The van der Waals surface area contributed by atoms with Crippen molar-refractivity contribution in [3.63, 3.8) is 0 Å². The van der Waals surface area contributed by atoms with E-state index in [1.165, 1.54) is 36.3 Å². The summed E-state index contributed by atoms with van der Waals surface area (Å²) in [4.78, 5) is 29.2. The number of aliphatic hydroxyl groups is 1. The molecule has 14 heteroatoms. The molecule has 2 N–H and O–H groups in total. The van der Waals surface area contributed by atoms with Crippen LogP contribution in [0, 0.1) is 0 Å². The fourth-order valence-corrected chi connectivity index (χ4v) is 7.30. The number of hydrogen-bond donors (Lipinski definition) is 2. The summed E-state index contributed by atoms with van der Waals surface area (Å²) in [6, 6.07) is 16.6. The van der Waals surface area contributed by atoms with Gasteiger partial charge in [-0.1, -0.05) is 43.2 Å². The molecule has 0 saturated heterocycles. The van der Waals surface area contributed by atoms with E-state index >= 15 is 0 Å². The highest BCUT2D eigenvalue weighted by Crippen LogP contribution is 2.38. The second-order valence-electron chi connectivity index (χ2n) is 11.9. The van der Waals surface area contributed by atoms with Crippen LogP contribution in [0.1, 0.15) is 57.8 Å². The van der Waals surface area contributed by atoms with E-state index in [4.69, 9.17) is 4.74 Å². The minimum Gasteiger partial charge on any atom is -0.497 e. The highest BCUT2D eigenvalue weighted by Gasteiger charge is 2.44. The Morgan fingerprint density at radius 2 is 1.75 bits per heavy atom. The van der Waals surface area contributed by atoms with Gasteiger partial charge >= 0.3 is 6.18 Å². The van der Waals surface area contributed by atoms with Crippen LogP contribution in [0.5, 0.6) is 5.75 Å². The van der Waals surface area contributed by atoms with Gasteiger partial charge in [-0.25, -0.2) is 13.1 Å². The van der Waals surface area contributed by atoms with E-state index < -0.39 is 45.7 Å². The van der Waals surface area contributed by atoms with Gasteiger partial charge in [-0.15, -0.1) is 0 Å². The van der Waals surface area contributed by atoms with Crippen molar-refractivity contribution >= 4 is 27.3 Å². The maximum absolute atomic E-state index is 14.3. The van der Waals surface area contributed by atoms with E-state index in [9.17, 15) is 36.3 Å². The van der Waals surface area contributed by atoms with Crippen LogP contribution in [0.3, 0.4) is 0 Å². The van der Waals surface area contributed by atoms with E-state index in [0.29, 0.717) is 29.7 Å². The lowest BCUT2D eigenvalue weighted by Crippen LogP contribution is -2.45. The summed E-state index contributed by atoms with van der Waals surface area (Å²) in [5.74, 6) is -1.15. The number of hydrogen-bond acceptors (Lipinski definition) is 7. The van der Waals surface area contributed by atoms with Crippen molar-refractivity contribution in [2.45, 2.75) is 55.3 Å². The van der Waals surface area contributed by atoms with Crippen LogP contribution in [0.15, 0.2) is 71.6 Å². The number of sulfone groups is 1. The summed E-state index contributed by atoms with van der Waals surface area (Å²) >= 11 is 0. The van der Waals surface area contributed by atoms with Crippen molar-refractivity contribution in [3.05, 3.63) is 89.2 Å². The summed E-state index contributed by atoms with van der Waals surface area (Å²) < 4.78 is 73.9. The number of ether oxygens (including phenoxy) is 1. The Morgan fingerprint density at radius 3 is 2.42 bits per heavy atom. The molecule has 3 aromatic carbocycles. The Balaban J connectivity index is 1.41. The quantitative estimate of drug-likeness (QED) is 0.274. The SMILES string of the molecule is COc1ccc(-n2nc(C(F)(F)F)c3c2C(=O)N(c2ccc(-c4ccccc4S(C)(=O)=O)cc2)CC3)c(C(=O)N[C@H]2CCCC[C@@H]2O)c1. The van der Waals surface area contributed by atoms with Gasteiger partial charge in [0.15, 0.2) is 15.5 Å². The van der Waals surface area contributed by atoms with Gasteiger partial charge in [0.1, 0.15) is 11.4 Å². The Bertz CT molecular complexity index is 1990. The van der Waals surface area contributed by atoms with Crippen LogP contribution in [-0.4, -0.2) is 67.2 Å². The third-order valence-corrected chi connectivity index (χ3v) is 9.94. The summed E-state index contributed by atoms with van der Waals surface area (Å²) in [5.41, 5.74) is -0.554. The van der Waals surface area contributed by atoms with Crippen LogP contribution in [0.25, 0.3) is 16.8 Å². The number of fused-ring (bicyclic) bond motifs is 1. The van der Waals surface area contributed by atoms with E-state index in [1.807, 2.05) is 0 Å². The zero-order chi connectivity index (χ0) is 34.4. The predicted octanol–water partition coefficient (Wildman–Crippen LogP) is 5.21. The van der Waals surface area contributed by atoms with Crippen LogP contribution in [0.4, 0.5) is 18.9 Å². The monoisotopic (exact) mass is 682 g/mol. The second kappa shape index (κ2) is 12.7. The lowest BCUT2D eigenvalue weighted by atomic mass is 9.92. The number of methoxy groups -OCH3 is 1. The topological polar surface area (TPSA) is 131 Å². The van der Waals surface area contributed by atoms with Crippen molar-refractivity contribution in [1.29, 1.82) is 0 Å². The van der Waals surface area contributed by atoms with Crippen molar-refractivity contribution in [3.8, 4) is 22.6 Å². The van der Waals surface area contributed by atoms with Gasteiger partial charge in [0, 0.05) is 29.6 Å². The molecule has 0 spiro atoms. The summed E-state index contributed by atoms with van der Waals surface area (Å²) in [6.07, 6.45) is -2.06. The molecular formula is C34H33F3N4O6S. The number of amides is 2. The van der Waals surface area contributed by atoms with Crippen LogP contribution in [-0.2, 0) is 22.4 Å². The molecule has 6 rings (SSSR count). The number of benzene rings is 3. The highest BCUT2D eigenvalue weighted by molar-refractivity contribution is 7.90. The summed E-state index contributed by atoms with van der Waals surface area (Å²) in [5, 5.41) is 17.1. The average molecular weight is 683 g/mol. The molecule has 1 aromatic heterocycles. The van der Waals surface area contributed by atoms with Crippen LogP contribution < -0.4 is 15.0 Å². The first kappa shape index (κ1) is 33.2. The molecule has 0 bridgehead atoms. The molecule has 1 aliphatic heterocycles. The van der Waals surface area contributed by atoms with Gasteiger partial charge in [-0.3, -0.25) is 9.59 Å². The Kier molecular flexibility index (Phi) is 8.81. The standard InChI is InChI=1S/C34H33F3N4O6S/c1-47-22-15-16-27(25(19-22)32(43)38-26-8-4-5-9-28(26)42)41-30-24(31(39-41)34(35,36)37)17-18-40(33(30)44)21-13-11-20(12-14-21)23-7-3-6-10-29(23)48(2,45)46/h3,6-7,10-16,19,26,28,42H,4-5,8-9,17-18H2,1-2H3,(H,38,43)/t26-,28-/m0/s1. The Morgan fingerprint density at radius 1 is 1.04 bits per heavy atom. The van der Waals surface area contributed by atoms with E-state index in [2.05, 4.69) is 10.4 Å².